The van der Waals surface area contributed by atoms with Crippen molar-refractivity contribution in [3.05, 3.63) is 17.5 Å². The number of piperidine rings is 1. The Morgan fingerprint density at radius 3 is 2.50 bits per heavy atom. The summed E-state index contributed by atoms with van der Waals surface area (Å²) in [5.74, 6) is 2.39. The number of amides is 1. The molecule has 0 aromatic carbocycles. The number of likely N-dealkylation sites (tertiary alicyclic amines) is 1. The summed E-state index contributed by atoms with van der Waals surface area (Å²) >= 11 is 0. The molecular formula is C19H32IN5O3. The number of nitrogens with zero attached hydrogens (tertiary/aromatic N) is 4. The highest BCUT2D eigenvalue weighted by atomic mass is 127. The Labute approximate surface area is 184 Å². The molecule has 1 aromatic heterocycles. The minimum Gasteiger partial charge on any atom is -0.378 e. The molecule has 2 fully saturated rings. The van der Waals surface area contributed by atoms with Crippen molar-refractivity contribution in [2.75, 3.05) is 46.4 Å². The molecule has 0 spiro atoms. The average molecular weight is 505 g/mol. The SMILES string of the molecule is CN=C(NCc1cc(C(C)C)no1)N1CCC(C(=O)N2CCOCC2)CC1.I. The van der Waals surface area contributed by atoms with Gasteiger partial charge < -0.3 is 24.4 Å². The van der Waals surface area contributed by atoms with Gasteiger partial charge in [0.05, 0.1) is 25.5 Å². The zero-order valence-electron chi connectivity index (χ0n) is 17.0. The standard InChI is InChI=1S/C19H31N5O3.HI/c1-14(2)17-12-16(27-22-17)13-21-19(20-3)24-6-4-15(5-7-24)18(25)23-8-10-26-11-9-23;/h12,14-15H,4-11,13H2,1-3H3,(H,20,21);1H. The maximum absolute atomic E-state index is 12.7. The van der Waals surface area contributed by atoms with Crippen molar-refractivity contribution in [3.63, 3.8) is 0 Å². The van der Waals surface area contributed by atoms with Crippen LogP contribution in [0.15, 0.2) is 15.6 Å². The van der Waals surface area contributed by atoms with E-state index in [4.69, 9.17) is 9.26 Å². The molecule has 2 aliphatic rings. The highest BCUT2D eigenvalue weighted by Gasteiger charge is 2.30. The number of ether oxygens (including phenoxy) is 1. The van der Waals surface area contributed by atoms with Crippen molar-refractivity contribution in [2.45, 2.75) is 39.2 Å². The van der Waals surface area contributed by atoms with E-state index < -0.39 is 0 Å². The van der Waals surface area contributed by atoms with Gasteiger partial charge in [-0.05, 0) is 18.8 Å². The van der Waals surface area contributed by atoms with Crippen LogP contribution in [-0.2, 0) is 16.1 Å². The number of halogens is 1. The quantitative estimate of drug-likeness (QED) is 0.384. The van der Waals surface area contributed by atoms with E-state index in [2.05, 4.69) is 34.2 Å². The van der Waals surface area contributed by atoms with Crippen molar-refractivity contribution in [3.8, 4) is 0 Å². The molecule has 0 saturated carbocycles. The first-order chi connectivity index (χ1) is 13.1. The zero-order chi connectivity index (χ0) is 19.2. The van der Waals surface area contributed by atoms with Gasteiger partial charge in [-0.15, -0.1) is 24.0 Å². The third-order valence-electron chi connectivity index (χ3n) is 5.27. The van der Waals surface area contributed by atoms with E-state index in [-0.39, 0.29) is 35.8 Å². The van der Waals surface area contributed by atoms with Gasteiger partial charge in [-0.3, -0.25) is 9.79 Å². The number of aromatic nitrogens is 1. The molecular weight excluding hydrogens is 473 g/mol. The number of carbonyl (C=O) groups is 1. The van der Waals surface area contributed by atoms with Gasteiger partial charge in [-0.1, -0.05) is 19.0 Å². The largest absolute Gasteiger partial charge is 0.378 e. The number of hydrogen-bond acceptors (Lipinski definition) is 5. The predicted octanol–water partition coefficient (Wildman–Crippen LogP) is 2.06. The van der Waals surface area contributed by atoms with Crippen LogP contribution < -0.4 is 5.32 Å². The topological polar surface area (TPSA) is 83.2 Å². The maximum atomic E-state index is 12.7. The molecule has 0 bridgehead atoms. The molecule has 8 nitrogen and oxygen atoms in total. The Bertz CT molecular complexity index is 650. The lowest BCUT2D eigenvalue weighted by atomic mass is 9.95. The third kappa shape index (κ3) is 5.82. The lowest BCUT2D eigenvalue weighted by Crippen LogP contribution is -2.49. The monoisotopic (exact) mass is 505 g/mol. The summed E-state index contributed by atoms with van der Waals surface area (Å²) in [6.07, 6.45) is 1.72. The smallest absolute Gasteiger partial charge is 0.225 e. The first-order valence-corrected chi connectivity index (χ1v) is 9.86. The molecule has 28 heavy (non-hydrogen) atoms. The fourth-order valence-corrected chi connectivity index (χ4v) is 3.56. The second-order valence-electron chi connectivity index (χ2n) is 7.47. The molecule has 0 atom stereocenters. The van der Waals surface area contributed by atoms with Crippen molar-refractivity contribution < 1.29 is 14.1 Å². The first-order valence-electron chi connectivity index (χ1n) is 9.86. The van der Waals surface area contributed by atoms with Gasteiger partial charge >= 0.3 is 0 Å². The van der Waals surface area contributed by atoms with Gasteiger partial charge in [0.2, 0.25) is 5.91 Å². The number of rotatable bonds is 4. The Hall–Kier alpha value is -1.36. The first kappa shape index (κ1) is 22.9. The Morgan fingerprint density at radius 2 is 1.93 bits per heavy atom. The summed E-state index contributed by atoms with van der Waals surface area (Å²) in [6.45, 7) is 9.14. The molecule has 0 radical (unpaired) electrons. The summed E-state index contributed by atoms with van der Waals surface area (Å²) in [7, 11) is 1.78. The highest BCUT2D eigenvalue weighted by Crippen LogP contribution is 2.21. The van der Waals surface area contributed by atoms with Crippen molar-refractivity contribution in [1.82, 2.24) is 20.3 Å². The molecule has 3 heterocycles. The summed E-state index contributed by atoms with van der Waals surface area (Å²) in [6, 6.07) is 1.98. The van der Waals surface area contributed by atoms with Gasteiger partial charge in [0.15, 0.2) is 11.7 Å². The predicted molar refractivity (Wildman–Crippen MR) is 118 cm³/mol. The Morgan fingerprint density at radius 1 is 1.25 bits per heavy atom. The Kier molecular flexibility index (Phi) is 9.00. The number of morpholine rings is 1. The van der Waals surface area contributed by atoms with Gasteiger partial charge in [-0.25, -0.2) is 0 Å². The molecule has 2 aliphatic heterocycles. The second-order valence-corrected chi connectivity index (χ2v) is 7.47. The van der Waals surface area contributed by atoms with E-state index in [0.29, 0.717) is 25.7 Å². The number of hydrogen-bond donors (Lipinski definition) is 1. The maximum Gasteiger partial charge on any atom is 0.225 e. The molecule has 9 heteroatoms. The lowest BCUT2D eigenvalue weighted by Gasteiger charge is -2.36. The summed E-state index contributed by atoms with van der Waals surface area (Å²) < 4.78 is 10.7. The van der Waals surface area contributed by atoms with Crippen LogP contribution in [0.2, 0.25) is 0 Å². The molecule has 1 N–H and O–H groups in total. The molecule has 1 amide bonds. The van der Waals surface area contributed by atoms with E-state index in [1.54, 1.807) is 7.05 Å². The fraction of sp³-hybridized carbons (Fsp3) is 0.737. The van der Waals surface area contributed by atoms with Gasteiger partial charge in [0.1, 0.15) is 0 Å². The minimum absolute atomic E-state index is 0. The van der Waals surface area contributed by atoms with E-state index in [1.807, 2.05) is 11.0 Å². The fourth-order valence-electron chi connectivity index (χ4n) is 3.56. The van der Waals surface area contributed by atoms with Gasteiger partial charge in [0.25, 0.3) is 0 Å². The zero-order valence-corrected chi connectivity index (χ0v) is 19.3. The van der Waals surface area contributed by atoms with E-state index in [0.717, 1.165) is 56.4 Å². The van der Waals surface area contributed by atoms with Crippen LogP contribution in [0.5, 0.6) is 0 Å². The van der Waals surface area contributed by atoms with Crippen molar-refractivity contribution in [2.24, 2.45) is 10.9 Å². The van der Waals surface area contributed by atoms with Gasteiger partial charge in [0, 0.05) is 45.2 Å². The van der Waals surface area contributed by atoms with Crippen molar-refractivity contribution >= 4 is 35.8 Å². The molecule has 158 valence electrons. The normalized spacial score (nSPS) is 18.9. The van der Waals surface area contributed by atoms with E-state index in [1.165, 1.54) is 0 Å². The molecule has 3 rings (SSSR count). The van der Waals surface area contributed by atoms with Crippen LogP contribution in [0.4, 0.5) is 0 Å². The number of carbonyl (C=O) groups excluding carboxylic acids is 1. The van der Waals surface area contributed by atoms with Crippen LogP contribution in [0, 0.1) is 5.92 Å². The summed E-state index contributed by atoms with van der Waals surface area (Å²) in [5.41, 5.74) is 0.962. The third-order valence-corrected chi connectivity index (χ3v) is 5.27. The van der Waals surface area contributed by atoms with Crippen molar-refractivity contribution in [1.29, 1.82) is 0 Å². The Balaban J connectivity index is 0.00000280. The van der Waals surface area contributed by atoms with Crippen LogP contribution in [0.1, 0.15) is 44.1 Å². The lowest BCUT2D eigenvalue weighted by molar-refractivity contribution is -0.140. The number of aliphatic imine (C=N–C) groups is 1. The van der Waals surface area contributed by atoms with Crippen LogP contribution in [0.25, 0.3) is 0 Å². The van der Waals surface area contributed by atoms with Crippen LogP contribution in [0.3, 0.4) is 0 Å². The highest BCUT2D eigenvalue weighted by molar-refractivity contribution is 14.0. The van der Waals surface area contributed by atoms with Crippen LogP contribution in [-0.4, -0.2) is 73.3 Å². The number of nitrogens with one attached hydrogen (secondary N) is 1. The summed E-state index contributed by atoms with van der Waals surface area (Å²) in [4.78, 5) is 21.2. The second kappa shape index (κ2) is 11.0. The molecule has 1 aromatic rings. The van der Waals surface area contributed by atoms with Crippen LogP contribution >= 0.6 is 24.0 Å². The summed E-state index contributed by atoms with van der Waals surface area (Å²) in [5, 5.41) is 7.43. The average Bonchev–Trinajstić information content (AvgIpc) is 3.18. The van der Waals surface area contributed by atoms with E-state index in [9.17, 15) is 4.79 Å². The minimum atomic E-state index is 0. The van der Waals surface area contributed by atoms with Gasteiger partial charge in [-0.2, -0.15) is 0 Å². The molecule has 0 unspecified atom stereocenters. The number of guanidine groups is 1. The van der Waals surface area contributed by atoms with E-state index >= 15 is 0 Å². The molecule has 0 aliphatic carbocycles. The molecule has 2 saturated heterocycles.